The van der Waals surface area contributed by atoms with Crippen molar-refractivity contribution in [2.45, 2.75) is 6.92 Å². The fourth-order valence-electron chi connectivity index (χ4n) is 3.35. The van der Waals surface area contributed by atoms with Gasteiger partial charge in [0.2, 0.25) is 5.82 Å². The van der Waals surface area contributed by atoms with Crippen LogP contribution in [-0.2, 0) is 0 Å². The molecule has 2 heterocycles. The lowest BCUT2D eigenvalue weighted by Gasteiger charge is -2.11. The van der Waals surface area contributed by atoms with Crippen LogP contribution in [0, 0.1) is 6.92 Å². The second kappa shape index (κ2) is 7.35. The fourth-order valence-corrected chi connectivity index (χ4v) is 3.61. The normalized spacial score (nSPS) is 11.1. The maximum Gasteiger partial charge on any atom is 0.279 e. The van der Waals surface area contributed by atoms with E-state index in [2.05, 4.69) is 31.2 Å². The molecule has 0 aliphatic rings. The van der Waals surface area contributed by atoms with Crippen LogP contribution in [-0.4, -0.2) is 19.9 Å². The van der Waals surface area contributed by atoms with Crippen molar-refractivity contribution in [1.82, 2.24) is 19.9 Å². The molecule has 0 saturated heterocycles. The van der Waals surface area contributed by atoms with Gasteiger partial charge in [0.05, 0.1) is 11.1 Å². The first kappa shape index (κ1) is 18.4. The number of benzene rings is 3. The van der Waals surface area contributed by atoms with Crippen molar-refractivity contribution in [3.05, 3.63) is 93.2 Å². The molecule has 0 aliphatic carbocycles. The van der Waals surface area contributed by atoms with E-state index in [-0.39, 0.29) is 11.4 Å². The van der Waals surface area contributed by atoms with Crippen LogP contribution in [0.3, 0.4) is 0 Å². The van der Waals surface area contributed by atoms with Gasteiger partial charge in [0.25, 0.3) is 11.4 Å². The lowest BCUT2D eigenvalue weighted by molar-refractivity contribution is 0.430. The van der Waals surface area contributed by atoms with E-state index in [0.29, 0.717) is 28.0 Å². The maximum absolute atomic E-state index is 13.2. The van der Waals surface area contributed by atoms with E-state index >= 15 is 0 Å². The van der Waals surface area contributed by atoms with E-state index in [4.69, 9.17) is 4.52 Å². The number of para-hydroxylation sites is 1. The zero-order valence-corrected chi connectivity index (χ0v) is 17.5. The summed E-state index contributed by atoms with van der Waals surface area (Å²) in [5.74, 6) is 0.712. The molecule has 7 heteroatoms. The van der Waals surface area contributed by atoms with Crippen molar-refractivity contribution in [2.75, 3.05) is 0 Å². The van der Waals surface area contributed by atoms with E-state index in [0.717, 1.165) is 15.6 Å². The molecule has 0 unspecified atom stereocenters. The lowest BCUT2D eigenvalue weighted by atomic mass is 10.1. The van der Waals surface area contributed by atoms with Gasteiger partial charge in [0.1, 0.15) is 0 Å². The van der Waals surface area contributed by atoms with E-state index < -0.39 is 0 Å². The molecule has 5 rings (SSSR count). The molecule has 0 saturated carbocycles. The quantitative estimate of drug-likeness (QED) is 0.372. The summed E-state index contributed by atoms with van der Waals surface area (Å²) in [6, 6.07) is 22.5. The number of aromatic nitrogens is 4. The number of hydrogen-bond donors (Lipinski definition) is 0. The van der Waals surface area contributed by atoms with E-state index in [9.17, 15) is 4.79 Å². The first-order valence-corrected chi connectivity index (χ1v) is 10.1. The molecule has 5 aromatic rings. The third-order valence-electron chi connectivity index (χ3n) is 4.88. The molecule has 3 aromatic carbocycles. The van der Waals surface area contributed by atoms with Crippen molar-refractivity contribution in [1.29, 1.82) is 0 Å². The Bertz CT molecular complexity index is 1440. The van der Waals surface area contributed by atoms with Crippen molar-refractivity contribution >= 4 is 26.7 Å². The molecule has 0 spiro atoms. The van der Waals surface area contributed by atoms with Gasteiger partial charge >= 0.3 is 0 Å². The van der Waals surface area contributed by atoms with Gasteiger partial charge < -0.3 is 4.52 Å². The summed E-state index contributed by atoms with van der Waals surface area (Å²) in [7, 11) is 0. The summed E-state index contributed by atoms with van der Waals surface area (Å²) in [5.41, 5.74) is 2.74. The van der Waals surface area contributed by atoms with Crippen molar-refractivity contribution in [2.24, 2.45) is 0 Å². The highest BCUT2D eigenvalue weighted by Gasteiger charge is 2.19. The Kier molecular flexibility index (Phi) is 4.52. The first-order chi connectivity index (χ1) is 14.6. The SMILES string of the molecule is Cc1ccccc1-n1nc(-c2nc(-c3ccc(Br)cc3)no2)c2ccccc2c1=O. The van der Waals surface area contributed by atoms with Gasteiger partial charge in [-0.05, 0) is 48.9 Å². The Labute approximate surface area is 179 Å². The summed E-state index contributed by atoms with van der Waals surface area (Å²) in [5, 5.41) is 9.94. The van der Waals surface area contributed by atoms with Crippen molar-refractivity contribution < 1.29 is 4.52 Å². The number of halogens is 1. The van der Waals surface area contributed by atoms with Crippen molar-refractivity contribution in [3.63, 3.8) is 0 Å². The highest BCUT2D eigenvalue weighted by atomic mass is 79.9. The molecular formula is C23H15BrN4O2. The highest BCUT2D eigenvalue weighted by Crippen LogP contribution is 2.27. The molecule has 0 radical (unpaired) electrons. The number of rotatable bonds is 3. The molecule has 0 amide bonds. The highest BCUT2D eigenvalue weighted by molar-refractivity contribution is 9.10. The molecule has 0 aliphatic heterocycles. The van der Waals surface area contributed by atoms with Crippen LogP contribution in [0.25, 0.3) is 39.4 Å². The molecule has 2 aromatic heterocycles. The molecule has 0 atom stereocenters. The Balaban J connectivity index is 1.74. The van der Waals surface area contributed by atoms with Crippen molar-refractivity contribution in [3.8, 4) is 28.7 Å². The Morgan fingerprint density at radius 1 is 0.900 bits per heavy atom. The summed E-state index contributed by atoms with van der Waals surface area (Å²) < 4.78 is 7.92. The maximum atomic E-state index is 13.2. The third kappa shape index (κ3) is 3.13. The molecule has 0 bridgehead atoms. The van der Waals surface area contributed by atoms with Gasteiger partial charge in [0, 0.05) is 15.4 Å². The number of hydrogen-bond acceptors (Lipinski definition) is 5. The van der Waals surface area contributed by atoms with Crippen LogP contribution in [0.2, 0.25) is 0 Å². The van der Waals surface area contributed by atoms with Gasteiger partial charge in [0.15, 0.2) is 5.69 Å². The van der Waals surface area contributed by atoms with Crippen LogP contribution in [0.15, 0.2) is 86.6 Å². The molecule has 0 fully saturated rings. The minimum atomic E-state index is -0.198. The molecule has 30 heavy (non-hydrogen) atoms. The van der Waals surface area contributed by atoms with Gasteiger partial charge in [-0.1, -0.05) is 57.5 Å². The van der Waals surface area contributed by atoms with Crippen LogP contribution in [0.4, 0.5) is 0 Å². The Morgan fingerprint density at radius 2 is 1.60 bits per heavy atom. The number of nitrogens with zero attached hydrogens (tertiary/aromatic N) is 4. The minimum absolute atomic E-state index is 0.198. The predicted molar refractivity (Wildman–Crippen MR) is 119 cm³/mol. The minimum Gasteiger partial charge on any atom is -0.332 e. The van der Waals surface area contributed by atoms with Gasteiger partial charge in [-0.25, -0.2) is 0 Å². The molecule has 0 N–H and O–H groups in total. The second-order valence-electron chi connectivity index (χ2n) is 6.83. The lowest BCUT2D eigenvalue weighted by Crippen LogP contribution is -2.23. The summed E-state index contributed by atoms with van der Waals surface area (Å²) >= 11 is 3.42. The number of fused-ring (bicyclic) bond motifs is 1. The number of aryl methyl sites for hydroxylation is 1. The van der Waals surface area contributed by atoms with Gasteiger partial charge in [-0.15, -0.1) is 0 Å². The third-order valence-corrected chi connectivity index (χ3v) is 5.41. The molecular weight excluding hydrogens is 444 g/mol. The second-order valence-corrected chi connectivity index (χ2v) is 7.74. The summed E-state index contributed by atoms with van der Waals surface area (Å²) in [4.78, 5) is 17.7. The zero-order valence-electron chi connectivity index (χ0n) is 15.9. The fraction of sp³-hybridized carbons (Fsp3) is 0.0435. The van der Waals surface area contributed by atoms with E-state index in [1.807, 2.05) is 73.7 Å². The van der Waals surface area contributed by atoms with Crippen LogP contribution in [0.1, 0.15) is 5.56 Å². The average Bonchev–Trinajstić information content (AvgIpc) is 3.25. The van der Waals surface area contributed by atoms with E-state index in [1.54, 1.807) is 6.07 Å². The van der Waals surface area contributed by atoms with Gasteiger partial charge in [-0.2, -0.15) is 14.8 Å². The summed E-state index contributed by atoms with van der Waals surface area (Å²) in [6.07, 6.45) is 0. The van der Waals surface area contributed by atoms with Gasteiger partial charge in [-0.3, -0.25) is 4.79 Å². The monoisotopic (exact) mass is 458 g/mol. The molecule has 6 nitrogen and oxygen atoms in total. The van der Waals surface area contributed by atoms with Crippen LogP contribution in [0.5, 0.6) is 0 Å². The standard InChI is InChI=1S/C23H15BrN4O2/c1-14-6-2-5-9-19(14)28-23(29)18-8-4-3-7-17(18)20(26-28)22-25-21(27-30-22)15-10-12-16(24)13-11-15/h2-13H,1H3. The summed E-state index contributed by atoms with van der Waals surface area (Å²) in [6.45, 7) is 1.94. The molecule has 146 valence electrons. The zero-order chi connectivity index (χ0) is 20.7. The van der Waals surface area contributed by atoms with Crippen LogP contribution >= 0.6 is 15.9 Å². The Morgan fingerprint density at radius 3 is 2.37 bits per heavy atom. The Hall–Kier alpha value is -3.58. The smallest absolute Gasteiger partial charge is 0.279 e. The largest absolute Gasteiger partial charge is 0.332 e. The van der Waals surface area contributed by atoms with Crippen LogP contribution < -0.4 is 5.56 Å². The average molecular weight is 459 g/mol. The van der Waals surface area contributed by atoms with E-state index in [1.165, 1.54) is 4.68 Å². The topological polar surface area (TPSA) is 73.8 Å². The predicted octanol–water partition coefficient (Wildman–Crippen LogP) is 5.17. The first-order valence-electron chi connectivity index (χ1n) is 9.30.